The van der Waals surface area contributed by atoms with Crippen LogP contribution in [0.25, 0.3) is 0 Å². The first-order valence-corrected chi connectivity index (χ1v) is 10.6. The highest BCUT2D eigenvalue weighted by atomic mass is 31.2. The summed E-state index contributed by atoms with van der Waals surface area (Å²) in [5.74, 6) is 0. The molecule has 3 aromatic rings. The highest BCUT2D eigenvalue weighted by Gasteiger charge is 2.39. The van der Waals surface area contributed by atoms with E-state index in [1.54, 1.807) is 6.92 Å². The SMILES string of the molecule is Cc1ccccc1P(=O)(NC(C)(C#N)c1ccccc1)c1ccccc1C. The summed E-state index contributed by atoms with van der Waals surface area (Å²) in [4.78, 5) is 0. The van der Waals surface area contributed by atoms with Crippen LogP contribution in [0.4, 0.5) is 0 Å². The van der Waals surface area contributed by atoms with Gasteiger partial charge in [0.15, 0.2) is 0 Å². The second-order valence-corrected chi connectivity index (χ2v) is 9.30. The van der Waals surface area contributed by atoms with Crippen molar-refractivity contribution in [2.75, 3.05) is 0 Å². The lowest BCUT2D eigenvalue weighted by Gasteiger charge is -2.32. The summed E-state index contributed by atoms with van der Waals surface area (Å²) in [6, 6.07) is 27.1. The van der Waals surface area contributed by atoms with Crippen LogP contribution in [0.1, 0.15) is 23.6 Å². The van der Waals surface area contributed by atoms with Crippen molar-refractivity contribution in [1.29, 1.82) is 5.26 Å². The Morgan fingerprint density at radius 1 is 0.815 bits per heavy atom. The summed E-state index contributed by atoms with van der Waals surface area (Å²) in [6.07, 6.45) is 0. The van der Waals surface area contributed by atoms with Gasteiger partial charge in [-0.1, -0.05) is 66.7 Å². The molecule has 0 heterocycles. The van der Waals surface area contributed by atoms with E-state index in [0.717, 1.165) is 27.3 Å². The van der Waals surface area contributed by atoms with Crippen molar-refractivity contribution in [3.05, 3.63) is 95.6 Å². The first-order chi connectivity index (χ1) is 12.9. The minimum atomic E-state index is -3.28. The summed E-state index contributed by atoms with van der Waals surface area (Å²) in [5.41, 5.74) is 1.56. The molecule has 0 aromatic heterocycles. The van der Waals surface area contributed by atoms with Gasteiger partial charge in [0.2, 0.25) is 7.29 Å². The Labute approximate surface area is 161 Å². The minimum absolute atomic E-state index is 0.733. The lowest BCUT2D eigenvalue weighted by atomic mass is 9.95. The van der Waals surface area contributed by atoms with Gasteiger partial charge in [-0.05, 0) is 49.6 Å². The fourth-order valence-corrected chi connectivity index (χ4v) is 6.37. The van der Waals surface area contributed by atoms with E-state index in [-0.39, 0.29) is 0 Å². The Bertz CT molecular complexity index is 990. The van der Waals surface area contributed by atoms with Crippen LogP contribution in [-0.4, -0.2) is 0 Å². The number of rotatable bonds is 5. The monoisotopic (exact) mass is 374 g/mol. The van der Waals surface area contributed by atoms with E-state index in [4.69, 9.17) is 0 Å². The lowest BCUT2D eigenvalue weighted by molar-refractivity contribution is 0.532. The second-order valence-electron chi connectivity index (χ2n) is 6.90. The summed E-state index contributed by atoms with van der Waals surface area (Å²) >= 11 is 0. The van der Waals surface area contributed by atoms with Crippen LogP contribution in [0.5, 0.6) is 0 Å². The Balaban J connectivity index is 2.23. The molecule has 4 heteroatoms. The van der Waals surface area contributed by atoms with Crippen molar-refractivity contribution < 1.29 is 4.57 Å². The molecule has 3 aromatic carbocycles. The molecule has 0 spiro atoms. The fourth-order valence-electron chi connectivity index (χ4n) is 3.32. The van der Waals surface area contributed by atoms with Gasteiger partial charge in [-0.15, -0.1) is 0 Å². The van der Waals surface area contributed by atoms with E-state index in [1.165, 1.54) is 0 Å². The molecule has 27 heavy (non-hydrogen) atoms. The van der Waals surface area contributed by atoms with Crippen LogP contribution in [-0.2, 0) is 10.1 Å². The van der Waals surface area contributed by atoms with Gasteiger partial charge in [0.1, 0.15) is 5.54 Å². The number of benzene rings is 3. The van der Waals surface area contributed by atoms with Gasteiger partial charge in [-0.25, -0.2) is 5.09 Å². The number of nitrogens with one attached hydrogen (secondary N) is 1. The van der Waals surface area contributed by atoms with Crippen LogP contribution in [0.2, 0.25) is 0 Å². The standard InChI is InChI=1S/C23H23N2OP/c1-18-11-7-9-15-21(18)27(26,22-16-10-8-12-19(22)2)25-23(3,17-24)20-13-5-4-6-14-20/h4-16H,1-3H3,(H,25,26). The number of nitrogens with zero attached hydrogens (tertiary/aromatic N) is 1. The van der Waals surface area contributed by atoms with Crippen LogP contribution >= 0.6 is 7.29 Å². The van der Waals surface area contributed by atoms with Crippen LogP contribution in [0, 0.1) is 25.2 Å². The largest absolute Gasteiger partial charge is 0.296 e. The summed E-state index contributed by atoms with van der Waals surface area (Å²) in [5, 5.41) is 14.7. The zero-order valence-corrected chi connectivity index (χ0v) is 16.7. The number of hydrogen-bond donors (Lipinski definition) is 1. The third-order valence-electron chi connectivity index (χ3n) is 4.87. The van der Waals surface area contributed by atoms with Gasteiger partial charge in [0.25, 0.3) is 0 Å². The number of hydrogen-bond acceptors (Lipinski definition) is 2. The van der Waals surface area contributed by atoms with Crippen molar-refractivity contribution in [3.8, 4) is 6.07 Å². The first kappa shape index (κ1) is 19.1. The highest BCUT2D eigenvalue weighted by molar-refractivity contribution is 7.77. The molecule has 0 amide bonds. The third-order valence-corrected chi connectivity index (χ3v) is 7.99. The van der Waals surface area contributed by atoms with Crippen LogP contribution in [0.3, 0.4) is 0 Å². The molecule has 0 saturated heterocycles. The second kappa shape index (κ2) is 7.53. The maximum atomic E-state index is 14.5. The normalized spacial score (nSPS) is 13.6. The molecular formula is C23H23N2OP. The van der Waals surface area contributed by atoms with Crippen LogP contribution < -0.4 is 15.7 Å². The lowest BCUT2D eigenvalue weighted by Crippen LogP contribution is -2.42. The molecule has 0 saturated carbocycles. The van der Waals surface area contributed by atoms with Gasteiger partial charge in [-0.3, -0.25) is 4.57 Å². The maximum absolute atomic E-state index is 14.5. The van der Waals surface area contributed by atoms with Crippen molar-refractivity contribution in [2.45, 2.75) is 26.3 Å². The van der Waals surface area contributed by atoms with Gasteiger partial charge < -0.3 is 0 Å². The summed E-state index contributed by atoms with van der Waals surface area (Å²) in [7, 11) is -3.28. The average molecular weight is 374 g/mol. The predicted molar refractivity (Wildman–Crippen MR) is 112 cm³/mol. The van der Waals surface area contributed by atoms with Gasteiger partial charge in [0, 0.05) is 10.6 Å². The van der Waals surface area contributed by atoms with Gasteiger partial charge in [-0.2, -0.15) is 5.26 Å². The smallest absolute Gasteiger partial charge is 0.206 e. The summed E-state index contributed by atoms with van der Waals surface area (Å²) in [6.45, 7) is 5.69. The molecule has 0 aliphatic heterocycles. The first-order valence-electron chi connectivity index (χ1n) is 8.89. The predicted octanol–water partition coefficient (Wildman–Crippen LogP) is 4.56. The van der Waals surface area contributed by atoms with Crippen LogP contribution in [0.15, 0.2) is 78.9 Å². The molecule has 0 bridgehead atoms. The van der Waals surface area contributed by atoms with E-state index < -0.39 is 12.8 Å². The molecule has 0 fully saturated rings. The van der Waals surface area contributed by atoms with E-state index >= 15 is 0 Å². The molecular weight excluding hydrogens is 351 g/mol. The molecule has 1 N–H and O–H groups in total. The Hall–Kier alpha value is -2.66. The molecule has 0 radical (unpaired) electrons. The maximum Gasteiger partial charge on any atom is 0.206 e. The van der Waals surface area contributed by atoms with E-state index in [2.05, 4.69) is 11.2 Å². The number of aryl methyl sites for hydroxylation is 2. The van der Waals surface area contributed by atoms with Gasteiger partial charge >= 0.3 is 0 Å². The van der Waals surface area contributed by atoms with Crippen molar-refractivity contribution in [1.82, 2.24) is 5.09 Å². The Morgan fingerprint density at radius 2 is 1.26 bits per heavy atom. The number of nitriles is 1. The molecule has 1 unspecified atom stereocenters. The molecule has 3 rings (SSSR count). The third kappa shape index (κ3) is 3.60. The van der Waals surface area contributed by atoms with E-state index in [9.17, 15) is 9.83 Å². The molecule has 0 aliphatic rings. The highest BCUT2D eigenvalue weighted by Crippen LogP contribution is 2.45. The Kier molecular flexibility index (Phi) is 5.33. The van der Waals surface area contributed by atoms with Crippen molar-refractivity contribution in [2.24, 2.45) is 0 Å². The molecule has 136 valence electrons. The molecule has 1 atom stereocenters. The quantitative estimate of drug-likeness (QED) is 0.666. The summed E-state index contributed by atoms with van der Waals surface area (Å²) < 4.78 is 14.5. The van der Waals surface area contributed by atoms with Crippen molar-refractivity contribution in [3.63, 3.8) is 0 Å². The topological polar surface area (TPSA) is 52.9 Å². The van der Waals surface area contributed by atoms with E-state index in [0.29, 0.717) is 0 Å². The molecule has 0 aliphatic carbocycles. The zero-order valence-electron chi connectivity index (χ0n) is 15.8. The minimum Gasteiger partial charge on any atom is -0.296 e. The Morgan fingerprint density at radius 3 is 1.70 bits per heavy atom. The average Bonchev–Trinajstić information content (AvgIpc) is 2.69. The fraction of sp³-hybridized carbons (Fsp3) is 0.174. The van der Waals surface area contributed by atoms with Crippen molar-refractivity contribution >= 4 is 17.9 Å². The van der Waals surface area contributed by atoms with Gasteiger partial charge in [0.05, 0.1) is 6.07 Å². The molecule has 3 nitrogen and oxygen atoms in total. The zero-order chi connectivity index (χ0) is 19.5. The van der Waals surface area contributed by atoms with E-state index in [1.807, 2.05) is 92.7 Å².